The number of nitrogens with zero attached hydrogens (tertiary/aromatic N) is 1. The number of carbonyl (C=O) groups excluding carboxylic acids is 2. The third-order valence-electron chi connectivity index (χ3n) is 2.48. The molecule has 1 atom stereocenters. The molecule has 0 aliphatic carbocycles. The molecule has 17 heavy (non-hydrogen) atoms. The molecule has 1 N–H and O–H groups in total. The minimum absolute atomic E-state index is 0.217. The molecule has 8 heteroatoms. The second-order valence-corrected chi connectivity index (χ2v) is 5.54. The molecule has 98 valence electrons. The summed E-state index contributed by atoms with van der Waals surface area (Å²) in [6.45, 7) is 1.90. The first-order chi connectivity index (χ1) is 7.84. The van der Waals surface area contributed by atoms with Crippen LogP contribution in [0.2, 0.25) is 0 Å². The monoisotopic (exact) mass is 266 g/mol. The smallest absolute Gasteiger partial charge is 0.307 e. The quantitative estimate of drug-likeness (QED) is 0.674. The topological polar surface area (TPSA) is 83.6 Å². The van der Waals surface area contributed by atoms with Gasteiger partial charge in [-0.05, 0) is 6.42 Å². The van der Waals surface area contributed by atoms with E-state index in [0.29, 0.717) is 6.54 Å². The lowest BCUT2D eigenvalue weighted by molar-refractivity contribution is -0.133. The van der Waals surface area contributed by atoms with Gasteiger partial charge in [-0.15, -0.1) is 3.89 Å². The van der Waals surface area contributed by atoms with Gasteiger partial charge in [0.05, 0.1) is 6.54 Å². The molecule has 0 spiro atoms. The van der Waals surface area contributed by atoms with Crippen LogP contribution in [0.1, 0.15) is 19.8 Å². The van der Waals surface area contributed by atoms with Gasteiger partial charge >= 0.3 is 10.2 Å². The maximum atomic E-state index is 12.7. The fourth-order valence-electron chi connectivity index (χ4n) is 1.57. The van der Waals surface area contributed by atoms with E-state index >= 15 is 0 Å². The predicted octanol–water partition coefficient (Wildman–Crippen LogP) is -0.587. The summed E-state index contributed by atoms with van der Waals surface area (Å²) < 4.78 is 33.9. The average molecular weight is 266 g/mol. The maximum Gasteiger partial charge on any atom is 0.307 e. The van der Waals surface area contributed by atoms with Crippen LogP contribution in [0.3, 0.4) is 0 Å². The molecule has 1 aliphatic rings. The van der Waals surface area contributed by atoms with Gasteiger partial charge in [0.25, 0.3) is 0 Å². The molecule has 2 amide bonds. The number of carbonyl (C=O) groups is 2. The van der Waals surface area contributed by atoms with Gasteiger partial charge in [-0.2, -0.15) is 8.42 Å². The van der Waals surface area contributed by atoms with Crippen LogP contribution in [0.15, 0.2) is 0 Å². The highest BCUT2D eigenvalue weighted by Gasteiger charge is 2.38. The van der Waals surface area contributed by atoms with Crippen molar-refractivity contribution < 1.29 is 21.9 Å². The van der Waals surface area contributed by atoms with Crippen molar-refractivity contribution in [2.75, 3.05) is 19.6 Å². The summed E-state index contributed by atoms with van der Waals surface area (Å²) in [5, 5.41) is 1.22. The van der Waals surface area contributed by atoms with Crippen molar-refractivity contribution in [3.8, 4) is 0 Å². The molecule has 0 radical (unpaired) electrons. The average Bonchev–Trinajstić information content (AvgIpc) is 2.57. The Labute approximate surface area is 99.4 Å². The number of rotatable bonds is 5. The zero-order chi connectivity index (χ0) is 13.1. The SMILES string of the molecule is CCCNC(=O)CN1CC(S(=O)(=O)F)CC1=O. The third kappa shape index (κ3) is 3.95. The van der Waals surface area contributed by atoms with E-state index in [4.69, 9.17) is 0 Å². The zero-order valence-electron chi connectivity index (χ0n) is 9.48. The lowest BCUT2D eigenvalue weighted by atomic mass is 10.4. The largest absolute Gasteiger partial charge is 0.355 e. The molecule has 0 aromatic carbocycles. The van der Waals surface area contributed by atoms with Crippen molar-refractivity contribution in [2.24, 2.45) is 0 Å². The van der Waals surface area contributed by atoms with E-state index in [0.717, 1.165) is 11.3 Å². The third-order valence-corrected chi connectivity index (χ3v) is 3.60. The zero-order valence-corrected chi connectivity index (χ0v) is 10.3. The molecule has 6 nitrogen and oxygen atoms in total. The van der Waals surface area contributed by atoms with Gasteiger partial charge in [0.1, 0.15) is 5.25 Å². The molecule has 1 unspecified atom stereocenters. The van der Waals surface area contributed by atoms with Crippen LogP contribution in [-0.4, -0.2) is 50.0 Å². The van der Waals surface area contributed by atoms with Gasteiger partial charge in [-0.25, -0.2) is 0 Å². The molecule has 1 aliphatic heterocycles. The molecule has 0 aromatic rings. The maximum absolute atomic E-state index is 12.7. The van der Waals surface area contributed by atoms with Crippen LogP contribution in [0.4, 0.5) is 3.89 Å². The number of halogens is 1. The Morgan fingerprint density at radius 2 is 2.24 bits per heavy atom. The van der Waals surface area contributed by atoms with Crippen LogP contribution >= 0.6 is 0 Å². The Balaban J connectivity index is 2.52. The summed E-state index contributed by atoms with van der Waals surface area (Å²) in [4.78, 5) is 23.7. The fraction of sp³-hybridized carbons (Fsp3) is 0.778. The molecule has 1 fully saturated rings. The number of likely N-dealkylation sites (tertiary alicyclic amines) is 1. The van der Waals surface area contributed by atoms with Crippen molar-refractivity contribution in [1.82, 2.24) is 10.2 Å². The molecule has 1 heterocycles. The van der Waals surface area contributed by atoms with Crippen molar-refractivity contribution in [3.63, 3.8) is 0 Å². The van der Waals surface area contributed by atoms with Crippen molar-refractivity contribution in [1.29, 1.82) is 0 Å². The predicted molar refractivity (Wildman–Crippen MR) is 58.3 cm³/mol. The standard InChI is InChI=1S/C9H15FN2O4S/c1-2-3-11-8(13)6-12-5-7(4-9(12)14)17(10,15)16/h7H,2-6H2,1H3,(H,11,13). The Hall–Kier alpha value is -1.18. The lowest BCUT2D eigenvalue weighted by Gasteiger charge is -2.15. The van der Waals surface area contributed by atoms with E-state index in [1.54, 1.807) is 0 Å². The Morgan fingerprint density at radius 1 is 1.59 bits per heavy atom. The van der Waals surface area contributed by atoms with Crippen LogP contribution in [0.25, 0.3) is 0 Å². The first-order valence-corrected chi connectivity index (χ1v) is 6.77. The molecule has 1 saturated heterocycles. The number of nitrogens with one attached hydrogen (secondary N) is 1. The van der Waals surface area contributed by atoms with Crippen LogP contribution in [-0.2, 0) is 19.8 Å². The van der Waals surface area contributed by atoms with Gasteiger partial charge in [0.2, 0.25) is 11.8 Å². The van der Waals surface area contributed by atoms with Crippen molar-refractivity contribution >= 4 is 22.0 Å². The second kappa shape index (κ2) is 5.44. The molecular weight excluding hydrogens is 251 g/mol. The first kappa shape index (κ1) is 13.9. The number of amides is 2. The van der Waals surface area contributed by atoms with Gasteiger partial charge in [0.15, 0.2) is 0 Å². The molecular formula is C9H15FN2O4S. The Bertz CT molecular complexity index is 409. The molecule has 1 rings (SSSR count). The summed E-state index contributed by atoms with van der Waals surface area (Å²) in [7, 11) is -4.72. The fourth-order valence-corrected chi connectivity index (χ4v) is 2.27. The van der Waals surface area contributed by atoms with E-state index in [1.165, 1.54) is 0 Å². The number of hydrogen-bond donors (Lipinski definition) is 1. The summed E-state index contributed by atoms with van der Waals surface area (Å²) in [5.74, 6) is -0.875. The van der Waals surface area contributed by atoms with E-state index in [2.05, 4.69) is 5.32 Å². The Kier molecular flexibility index (Phi) is 4.44. The van der Waals surface area contributed by atoms with Crippen LogP contribution < -0.4 is 5.32 Å². The van der Waals surface area contributed by atoms with E-state index in [1.807, 2.05) is 6.92 Å². The molecule has 0 bridgehead atoms. The molecule has 0 aromatic heterocycles. The van der Waals surface area contributed by atoms with Gasteiger partial charge in [-0.3, -0.25) is 9.59 Å². The van der Waals surface area contributed by atoms with Gasteiger partial charge < -0.3 is 10.2 Å². The normalized spacial score (nSPS) is 20.7. The van der Waals surface area contributed by atoms with Crippen molar-refractivity contribution in [2.45, 2.75) is 25.0 Å². The number of hydrogen-bond acceptors (Lipinski definition) is 4. The minimum atomic E-state index is -4.72. The Morgan fingerprint density at radius 3 is 2.71 bits per heavy atom. The van der Waals surface area contributed by atoms with Crippen LogP contribution in [0, 0.1) is 0 Å². The highest BCUT2D eigenvalue weighted by Crippen LogP contribution is 2.19. The highest BCUT2D eigenvalue weighted by molar-refractivity contribution is 7.87. The van der Waals surface area contributed by atoms with Crippen LogP contribution in [0.5, 0.6) is 0 Å². The summed E-state index contributed by atoms with van der Waals surface area (Å²) in [5.41, 5.74) is 0. The minimum Gasteiger partial charge on any atom is -0.355 e. The van der Waals surface area contributed by atoms with E-state index in [9.17, 15) is 21.9 Å². The summed E-state index contributed by atoms with van der Waals surface area (Å²) >= 11 is 0. The lowest BCUT2D eigenvalue weighted by Crippen LogP contribution is -2.38. The molecule has 0 saturated carbocycles. The van der Waals surface area contributed by atoms with Crippen molar-refractivity contribution in [3.05, 3.63) is 0 Å². The summed E-state index contributed by atoms with van der Waals surface area (Å²) in [6.07, 6.45) is 0.376. The van der Waals surface area contributed by atoms with Gasteiger partial charge in [0, 0.05) is 19.5 Å². The van der Waals surface area contributed by atoms with Gasteiger partial charge in [-0.1, -0.05) is 6.92 Å². The van der Waals surface area contributed by atoms with E-state index < -0.39 is 21.4 Å². The van der Waals surface area contributed by atoms with E-state index in [-0.39, 0.29) is 25.4 Å². The highest BCUT2D eigenvalue weighted by atomic mass is 32.3. The first-order valence-electron chi connectivity index (χ1n) is 5.32. The summed E-state index contributed by atoms with van der Waals surface area (Å²) in [6, 6.07) is 0. The second-order valence-electron chi connectivity index (χ2n) is 3.93.